The molecule has 0 bridgehead atoms. The summed E-state index contributed by atoms with van der Waals surface area (Å²) >= 11 is 7.94. The van der Waals surface area contributed by atoms with Gasteiger partial charge in [-0.05, 0) is 35.6 Å². The zero-order chi connectivity index (χ0) is 17.4. The number of aryl methyl sites for hydroxylation is 1. The van der Waals surface area contributed by atoms with E-state index in [-0.39, 0.29) is 5.56 Å². The third kappa shape index (κ3) is 3.27. The molecule has 4 rings (SSSR count). The van der Waals surface area contributed by atoms with Crippen molar-refractivity contribution in [2.45, 2.75) is 26.4 Å². The monoisotopic (exact) mass is 371 g/mol. The fraction of sp³-hybridized carbons (Fsp3) is 0.263. The predicted molar refractivity (Wildman–Crippen MR) is 102 cm³/mol. The molecule has 1 aliphatic heterocycles. The van der Waals surface area contributed by atoms with Crippen LogP contribution < -0.4 is 5.56 Å². The summed E-state index contributed by atoms with van der Waals surface area (Å²) in [5, 5.41) is 2.77. The Labute approximate surface area is 155 Å². The molecule has 4 nitrogen and oxygen atoms in total. The van der Waals surface area contributed by atoms with Crippen molar-refractivity contribution in [2.24, 2.45) is 0 Å². The van der Waals surface area contributed by atoms with E-state index in [1.807, 2.05) is 29.6 Å². The molecule has 25 heavy (non-hydrogen) atoms. The Balaban J connectivity index is 1.61. The van der Waals surface area contributed by atoms with E-state index < -0.39 is 0 Å². The van der Waals surface area contributed by atoms with Gasteiger partial charge < -0.3 is 4.98 Å². The van der Waals surface area contributed by atoms with Crippen LogP contribution in [0.2, 0.25) is 5.02 Å². The highest BCUT2D eigenvalue weighted by molar-refractivity contribution is 7.13. The molecule has 0 unspecified atom stereocenters. The Morgan fingerprint density at radius 1 is 1.32 bits per heavy atom. The molecule has 0 fully saturated rings. The number of aromatic amines is 1. The van der Waals surface area contributed by atoms with Gasteiger partial charge >= 0.3 is 0 Å². The van der Waals surface area contributed by atoms with E-state index in [1.54, 1.807) is 11.3 Å². The number of nitrogens with zero attached hydrogens (tertiary/aromatic N) is 2. The van der Waals surface area contributed by atoms with E-state index in [9.17, 15) is 4.79 Å². The topological polar surface area (TPSA) is 49.0 Å². The number of nitrogens with one attached hydrogen (secondary N) is 1. The summed E-state index contributed by atoms with van der Waals surface area (Å²) in [5.74, 6) is 0.675. The van der Waals surface area contributed by atoms with Crippen molar-refractivity contribution in [3.8, 4) is 10.7 Å². The first-order valence-corrected chi connectivity index (χ1v) is 9.50. The minimum atomic E-state index is -0.0334. The van der Waals surface area contributed by atoms with Gasteiger partial charge in [0, 0.05) is 31.1 Å². The maximum Gasteiger partial charge on any atom is 0.255 e. The predicted octanol–water partition coefficient (Wildman–Crippen LogP) is 4.02. The molecule has 0 saturated carbocycles. The summed E-state index contributed by atoms with van der Waals surface area (Å²) < 4.78 is 0. The molecule has 1 aliphatic rings. The Bertz CT molecular complexity index is 945. The van der Waals surface area contributed by atoms with Gasteiger partial charge in [0.1, 0.15) is 0 Å². The van der Waals surface area contributed by atoms with Crippen molar-refractivity contribution in [3.63, 3.8) is 0 Å². The van der Waals surface area contributed by atoms with Crippen molar-refractivity contribution < 1.29 is 0 Å². The van der Waals surface area contributed by atoms with Gasteiger partial charge in [-0.1, -0.05) is 29.8 Å². The molecule has 0 saturated heterocycles. The van der Waals surface area contributed by atoms with Crippen LogP contribution in [0.5, 0.6) is 0 Å². The maximum atomic E-state index is 12.6. The van der Waals surface area contributed by atoms with Gasteiger partial charge in [-0.15, -0.1) is 11.3 Å². The van der Waals surface area contributed by atoms with Crippen molar-refractivity contribution in [3.05, 3.63) is 73.5 Å². The molecule has 128 valence electrons. The number of hydrogen-bond acceptors (Lipinski definition) is 4. The maximum absolute atomic E-state index is 12.6. The highest BCUT2D eigenvalue weighted by Gasteiger charge is 2.22. The zero-order valence-electron chi connectivity index (χ0n) is 13.9. The lowest BCUT2D eigenvalue weighted by molar-refractivity contribution is 0.241. The standard InChI is InChI=1S/C19H18ClN3OS/c1-12-4-2-5-15(20)13(12)10-23-8-7-16-14(11-23)19(24)22-18(21-16)17-6-3-9-25-17/h2-6,9H,7-8,10-11H2,1H3,(H,21,22,24). The molecular formula is C19H18ClN3OS. The van der Waals surface area contributed by atoms with Crippen LogP contribution in [0.3, 0.4) is 0 Å². The summed E-state index contributed by atoms with van der Waals surface area (Å²) in [5.41, 5.74) is 3.97. The van der Waals surface area contributed by atoms with Gasteiger partial charge in [-0.25, -0.2) is 4.98 Å². The summed E-state index contributed by atoms with van der Waals surface area (Å²) in [4.78, 5) is 23.5. The second-order valence-corrected chi connectivity index (χ2v) is 7.67. The number of aromatic nitrogens is 2. The van der Waals surface area contributed by atoms with Gasteiger partial charge in [0.15, 0.2) is 5.82 Å². The first kappa shape index (κ1) is 16.5. The van der Waals surface area contributed by atoms with Crippen LogP contribution in [0, 0.1) is 6.92 Å². The molecule has 1 N–H and O–H groups in total. The number of rotatable bonds is 3. The van der Waals surface area contributed by atoms with Crippen LogP contribution in [0.15, 0.2) is 40.5 Å². The second-order valence-electron chi connectivity index (χ2n) is 6.31. The lowest BCUT2D eigenvalue weighted by Gasteiger charge is -2.28. The third-order valence-electron chi connectivity index (χ3n) is 4.64. The van der Waals surface area contributed by atoms with Crippen LogP contribution in [-0.2, 0) is 19.5 Å². The Morgan fingerprint density at radius 3 is 2.96 bits per heavy atom. The number of halogens is 1. The Morgan fingerprint density at radius 2 is 2.20 bits per heavy atom. The van der Waals surface area contributed by atoms with Gasteiger partial charge in [0.05, 0.1) is 16.1 Å². The van der Waals surface area contributed by atoms with E-state index >= 15 is 0 Å². The molecule has 0 atom stereocenters. The van der Waals surface area contributed by atoms with Crippen molar-refractivity contribution >= 4 is 22.9 Å². The Kier molecular flexibility index (Phi) is 4.46. The van der Waals surface area contributed by atoms with Crippen LogP contribution >= 0.6 is 22.9 Å². The molecule has 0 aliphatic carbocycles. The first-order chi connectivity index (χ1) is 12.1. The fourth-order valence-corrected chi connectivity index (χ4v) is 4.19. The van der Waals surface area contributed by atoms with Gasteiger partial charge in [-0.3, -0.25) is 9.69 Å². The molecule has 0 spiro atoms. The summed E-state index contributed by atoms with van der Waals surface area (Å²) in [6, 6.07) is 9.90. The average molecular weight is 372 g/mol. The van der Waals surface area contributed by atoms with Gasteiger partial charge in [-0.2, -0.15) is 0 Å². The molecule has 2 aromatic heterocycles. The lowest BCUT2D eigenvalue weighted by atomic mass is 10.0. The van der Waals surface area contributed by atoms with Crippen LogP contribution in [0.25, 0.3) is 10.7 Å². The molecule has 0 amide bonds. The molecule has 1 aromatic carbocycles. The molecule has 6 heteroatoms. The minimum Gasteiger partial charge on any atom is -0.306 e. The second kappa shape index (κ2) is 6.75. The third-order valence-corrected chi connectivity index (χ3v) is 5.87. The van der Waals surface area contributed by atoms with Crippen LogP contribution in [-0.4, -0.2) is 21.4 Å². The van der Waals surface area contributed by atoms with E-state index in [0.717, 1.165) is 46.2 Å². The quantitative estimate of drug-likeness (QED) is 0.756. The molecule has 3 heterocycles. The van der Waals surface area contributed by atoms with Crippen LogP contribution in [0.1, 0.15) is 22.4 Å². The molecule has 3 aromatic rings. The van der Waals surface area contributed by atoms with E-state index in [1.165, 1.54) is 5.56 Å². The SMILES string of the molecule is Cc1cccc(Cl)c1CN1CCc2nc(-c3cccs3)[nH]c(=O)c2C1. The lowest BCUT2D eigenvalue weighted by Crippen LogP contribution is -2.35. The Hall–Kier alpha value is -1.95. The number of benzene rings is 1. The summed E-state index contributed by atoms with van der Waals surface area (Å²) in [7, 11) is 0. The van der Waals surface area contributed by atoms with Crippen LogP contribution in [0.4, 0.5) is 0 Å². The van der Waals surface area contributed by atoms with Gasteiger partial charge in [0.25, 0.3) is 5.56 Å². The van der Waals surface area contributed by atoms with E-state index in [4.69, 9.17) is 16.6 Å². The molecular weight excluding hydrogens is 354 g/mol. The smallest absolute Gasteiger partial charge is 0.255 e. The minimum absolute atomic E-state index is 0.0334. The highest BCUT2D eigenvalue weighted by atomic mass is 35.5. The zero-order valence-corrected chi connectivity index (χ0v) is 15.5. The van der Waals surface area contributed by atoms with Crippen molar-refractivity contribution in [1.82, 2.24) is 14.9 Å². The number of H-pyrrole nitrogens is 1. The fourth-order valence-electron chi connectivity index (χ4n) is 3.24. The van der Waals surface area contributed by atoms with Crippen molar-refractivity contribution in [1.29, 1.82) is 0 Å². The van der Waals surface area contributed by atoms with Crippen molar-refractivity contribution in [2.75, 3.05) is 6.54 Å². The normalized spacial score (nSPS) is 14.5. The number of hydrogen-bond donors (Lipinski definition) is 1. The summed E-state index contributed by atoms with van der Waals surface area (Å²) in [6.45, 7) is 4.29. The number of thiophene rings is 1. The highest BCUT2D eigenvalue weighted by Crippen LogP contribution is 2.25. The molecule has 0 radical (unpaired) electrons. The largest absolute Gasteiger partial charge is 0.306 e. The first-order valence-electron chi connectivity index (χ1n) is 8.24. The van der Waals surface area contributed by atoms with E-state index in [2.05, 4.69) is 22.9 Å². The van der Waals surface area contributed by atoms with E-state index in [0.29, 0.717) is 12.4 Å². The average Bonchev–Trinajstić information content (AvgIpc) is 3.13. The van der Waals surface area contributed by atoms with Gasteiger partial charge in [0.2, 0.25) is 0 Å². The summed E-state index contributed by atoms with van der Waals surface area (Å²) in [6.07, 6.45) is 0.779. The number of fused-ring (bicyclic) bond motifs is 1.